The van der Waals surface area contributed by atoms with Crippen molar-refractivity contribution in [3.8, 4) is 5.75 Å². The fourth-order valence-corrected chi connectivity index (χ4v) is 1.13. The Bertz CT molecular complexity index is 338. The topological polar surface area (TPSA) is 37.3 Å². The van der Waals surface area contributed by atoms with E-state index < -0.39 is 11.2 Å². The molecule has 70 valence electrons. The van der Waals surface area contributed by atoms with E-state index in [0.717, 1.165) is 12.1 Å². The molecule has 0 saturated heterocycles. The maximum Gasteiger partial charge on any atom is 0.152 e. The van der Waals surface area contributed by atoms with Crippen LogP contribution in [0, 0.1) is 5.82 Å². The van der Waals surface area contributed by atoms with Gasteiger partial charge in [0.25, 0.3) is 0 Å². The van der Waals surface area contributed by atoms with E-state index in [1.807, 2.05) is 0 Å². The van der Waals surface area contributed by atoms with Crippen LogP contribution < -0.4 is 0 Å². The lowest BCUT2D eigenvalue weighted by molar-refractivity contribution is -0.116. The van der Waals surface area contributed by atoms with Crippen molar-refractivity contribution in [3.05, 3.63) is 29.6 Å². The largest absolute Gasteiger partial charge is 0.507 e. The zero-order valence-corrected chi connectivity index (χ0v) is 7.68. The standard InChI is InChI=1S/C9H8ClFO2/c1-5(12)9(10)7-3-2-6(11)4-8(7)13/h2-4,9,13H,1H3. The molecular weight excluding hydrogens is 195 g/mol. The fraction of sp³-hybridized carbons (Fsp3) is 0.222. The van der Waals surface area contributed by atoms with Crippen molar-refractivity contribution in [1.82, 2.24) is 0 Å². The first-order valence-electron chi connectivity index (χ1n) is 3.65. The molecule has 0 amide bonds. The molecule has 2 nitrogen and oxygen atoms in total. The number of halogens is 2. The van der Waals surface area contributed by atoms with Gasteiger partial charge in [0.1, 0.15) is 16.9 Å². The molecule has 1 rings (SSSR count). The minimum atomic E-state index is -0.916. The summed E-state index contributed by atoms with van der Waals surface area (Å²) in [5, 5.41) is 8.32. The van der Waals surface area contributed by atoms with E-state index >= 15 is 0 Å². The molecule has 0 aromatic heterocycles. The van der Waals surface area contributed by atoms with E-state index in [9.17, 15) is 14.3 Å². The van der Waals surface area contributed by atoms with Crippen molar-refractivity contribution in [2.75, 3.05) is 0 Å². The number of Topliss-reactive ketones (excluding diaryl/α,β-unsaturated/α-hetero) is 1. The molecule has 0 aliphatic rings. The lowest BCUT2D eigenvalue weighted by Crippen LogP contribution is -2.01. The van der Waals surface area contributed by atoms with Gasteiger partial charge in [0, 0.05) is 11.6 Å². The van der Waals surface area contributed by atoms with Crippen LogP contribution in [0.2, 0.25) is 0 Å². The summed E-state index contributed by atoms with van der Waals surface area (Å²) < 4.78 is 12.5. The Labute approximate surface area is 80.0 Å². The van der Waals surface area contributed by atoms with Crippen molar-refractivity contribution in [2.24, 2.45) is 0 Å². The van der Waals surface area contributed by atoms with E-state index in [-0.39, 0.29) is 17.1 Å². The van der Waals surface area contributed by atoms with Gasteiger partial charge in [-0.05, 0) is 13.0 Å². The number of ketones is 1. The molecule has 1 aromatic rings. The minimum Gasteiger partial charge on any atom is -0.507 e. The molecule has 4 heteroatoms. The Kier molecular flexibility index (Phi) is 2.88. The van der Waals surface area contributed by atoms with E-state index in [1.165, 1.54) is 13.0 Å². The van der Waals surface area contributed by atoms with Crippen LogP contribution in [0.5, 0.6) is 5.75 Å². The molecule has 0 spiro atoms. The van der Waals surface area contributed by atoms with Crippen molar-refractivity contribution in [3.63, 3.8) is 0 Å². The number of rotatable bonds is 2. The average Bonchev–Trinajstić information content (AvgIpc) is 2.03. The molecule has 0 saturated carbocycles. The fourth-order valence-electron chi connectivity index (χ4n) is 0.950. The minimum absolute atomic E-state index is 0.232. The monoisotopic (exact) mass is 202 g/mol. The van der Waals surface area contributed by atoms with Gasteiger partial charge in [-0.3, -0.25) is 4.79 Å². The molecule has 0 radical (unpaired) electrons. The van der Waals surface area contributed by atoms with Crippen LogP contribution in [-0.4, -0.2) is 10.9 Å². The van der Waals surface area contributed by atoms with Crippen molar-refractivity contribution in [2.45, 2.75) is 12.3 Å². The van der Waals surface area contributed by atoms with Gasteiger partial charge < -0.3 is 5.11 Å². The molecule has 1 N–H and O–H groups in total. The lowest BCUT2D eigenvalue weighted by Gasteiger charge is -2.07. The van der Waals surface area contributed by atoms with E-state index in [4.69, 9.17) is 11.6 Å². The summed E-state index contributed by atoms with van der Waals surface area (Å²) in [4.78, 5) is 10.8. The number of phenolic OH excluding ortho intramolecular Hbond substituents is 1. The van der Waals surface area contributed by atoms with Crippen LogP contribution in [0.4, 0.5) is 4.39 Å². The third-order valence-corrected chi connectivity index (χ3v) is 2.16. The summed E-state index contributed by atoms with van der Waals surface area (Å²) >= 11 is 5.67. The molecule has 0 fully saturated rings. The number of carbonyl (C=O) groups is 1. The number of aromatic hydroxyl groups is 1. The smallest absolute Gasteiger partial charge is 0.152 e. The second-order valence-corrected chi connectivity index (χ2v) is 3.11. The van der Waals surface area contributed by atoms with Gasteiger partial charge in [0.05, 0.1) is 0 Å². The van der Waals surface area contributed by atoms with Gasteiger partial charge in [-0.25, -0.2) is 4.39 Å². The third-order valence-electron chi connectivity index (χ3n) is 1.62. The summed E-state index contributed by atoms with van der Waals surface area (Å²) in [5.74, 6) is -1.15. The van der Waals surface area contributed by atoms with Crippen LogP contribution in [-0.2, 0) is 4.79 Å². The predicted molar refractivity (Wildman–Crippen MR) is 47.3 cm³/mol. The summed E-state index contributed by atoms with van der Waals surface area (Å²) in [6.45, 7) is 1.31. The van der Waals surface area contributed by atoms with Crippen molar-refractivity contribution in [1.29, 1.82) is 0 Å². The number of benzene rings is 1. The Balaban J connectivity index is 3.08. The number of hydrogen-bond donors (Lipinski definition) is 1. The third kappa shape index (κ3) is 2.18. The number of hydrogen-bond acceptors (Lipinski definition) is 2. The Morgan fingerprint density at radius 3 is 2.69 bits per heavy atom. The van der Waals surface area contributed by atoms with Gasteiger partial charge in [-0.15, -0.1) is 11.6 Å². The average molecular weight is 203 g/mol. The molecule has 13 heavy (non-hydrogen) atoms. The molecular formula is C9H8ClFO2. The molecule has 0 bridgehead atoms. The Morgan fingerprint density at radius 1 is 1.62 bits per heavy atom. The highest BCUT2D eigenvalue weighted by atomic mass is 35.5. The molecule has 0 aliphatic heterocycles. The van der Waals surface area contributed by atoms with Gasteiger partial charge >= 0.3 is 0 Å². The zero-order valence-electron chi connectivity index (χ0n) is 6.92. The summed E-state index contributed by atoms with van der Waals surface area (Å²) in [5.41, 5.74) is 0.232. The predicted octanol–water partition coefficient (Wildman–Crippen LogP) is 2.40. The highest BCUT2D eigenvalue weighted by Gasteiger charge is 2.16. The van der Waals surface area contributed by atoms with Crippen molar-refractivity contribution < 1.29 is 14.3 Å². The molecule has 0 heterocycles. The molecule has 1 unspecified atom stereocenters. The van der Waals surface area contributed by atoms with Crippen LogP contribution >= 0.6 is 11.6 Å². The maximum absolute atomic E-state index is 12.5. The second kappa shape index (κ2) is 3.75. The van der Waals surface area contributed by atoms with Crippen molar-refractivity contribution >= 4 is 17.4 Å². The van der Waals surface area contributed by atoms with Crippen LogP contribution in [0.1, 0.15) is 17.9 Å². The Hall–Kier alpha value is -1.09. The van der Waals surface area contributed by atoms with Crippen LogP contribution in [0.15, 0.2) is 18.2 Å². The number of alkyl halides is 1. The normalized spacial score (nSPS) is 12.5. The van der Waals surface area contributed by atoms with E-state index in [1.54, 1.807) is 0 Å². The molecule has 1 aromatic carbocycles. The second-order valence-electron chi connectivity index (χ2n) is 2.68. The van der Waals surface area contributed by atoms with E-state index in [2.05, 4.69) is 0 Å². The van der Waals surface area contributed by atoms with Gasteiger partial charge in [0.2, 0.25) is 0 Å². The quantitative estimate of drug-likeness (QED) is 0.748. The van der Waals surface area contributed by atoms with Gasteiger partial charge in [0.15, 0.2) is 5.78 Å². The summed E-state index contributed by atoms with van der Waals surface area (Å²) in [6.07, 6.45) is 0. The SMILES string of the molecule is CC(=O)C(Cl)c1ccc(F)cc1O. The number of carbonyl (C=O) groups excluding carboxylic acids is 1. The summed E-state index contributed by atoms with van der Waals surface area (Å²) in [7, 11) is 0. The van der Waals surface area contributed by atoms with Gasteiger partial charge in [-0.2, -0.15) is 0 Å². The first-order valence-corrected chi connectivity index (χ1v) is 4.09. The molecule has 0 aliphatic carbocycles. The van der Waals surface area contributed by atoms with Gasteiger partial charge in [-0.1, -0.05) is 6.07 Å². The van der Waals surface area contributed by atoms with Crippen LogP contribution in [0.3, 0.4) is 0 Å². The van der Waals surface area contributed by atoms with E-state index in [0.29, 0.717) is 0 Å². The number of phenols is 1. The first-order chi connectivity index (χ1) is 6.02. The van der Waals surface area contributed by atoms with Crippen LogP contribution in [0.25, 0.3) is 0 Å². The molecule has 1 atom stereocenters. The summed E-state index contributed by atoms with van der Waals surface area (Å²) in [6, 6.07) is 3.37. The zero-order chi connectivity index (χ0) is 10.0. The highest BCUT2D eigenvalue weighted by Crippen LogP contribution is 2.29. The first kappa shape index (κ1) is 9.99. The maximum atomic E-state index is 12.5. The Morgan fingerprint density at radius 2 is 2.23 bits per heavy atom. The lowest BCUT2D eigenvalue weighted by atomic mass is 10.1. The highest BCUT2D eigenvalue weighted by molar-refractivity contribution is 6.31.